The molecule has 0 radical (unpaired) electrons. The number of hydrogen-bond acceptors (Lipinski definition) is 5. The molecule has 6 nitrogen and oxygen atoms in total. The Balaban J connectivity index is 2.46. The molecule has 0 unspecified atom stereocenters. The molecule has 0 amide bonds. The van der Waals surface area contributed by atoms with E-state index in [9.17, 15) is 14.7 Å². The normalized spacial score (nSPS) is 10.9. The summed E-state index contributed by atoms with van der Waals surface area (Å²) >= 11 is 0. The molecule has 6 heteroatoms. The number of hydrogen-bond donors (Lipinski definition) is 1. The second-order valence-electron chi connectivity index (χ2n) is 5.04. The third-order valence-corrected chi connectivity index (χ3v) is 3.57. The average molecular weight is 342 g/mol. The lowest BCUT2D eigenvalue weighted by Gasteiger charge is -2.11. The lowest BCUT2D eigenvalue weighted by atomic mass is 10.0. The number of carbonyl (C=O) groups is 2. The van der Waals surface area contributed by atoms with E-state index in [-0.39, 0.29) is 5.57 Å². The summed E-state index contributed by atoms with van der Waals surface area (Å²) in [5.74, 6) is -0.599. The number of ether oxygens (including phenoxy) is 3. The Labute approximate surface area is 145 Å². The van der Waals surface area contributed by atoms with E-state index in [1.807, 2.05) is 0 Å². The second kappa shape index (κ2) is 8.01. The van der Waals surface area contributed by atoms with Crippen LogP contribution in [0.4, 0.5) is 0 Å². The number of esters is 1. The van der Waals surface area contributed by atoms with Crippen LogP contribution in [0, 0.1) is 0 Å². The lowest BCUT2D eigenvalue weighted by molar-refractivity contribution is -0.130. The summed E-state index contributed by atoms with van der Waals surface area (Å²) in [7, 11) is 4.28. The highest BCUT2D eigenvalue weighted by Crippen LogP contribution is 2.31. The fourth-order valence-corrected chi connectivity index (χ4v) is 2.28. The van der Waals surface area contributed by atoms with Gasteiger partial charge in [-0.25, -0.2) is 9.59 Å². The van der Waals surface area contributed by atoms with Crippen molar-refractivity contribution < 1.29 is 28.9 Å². The van der Waals surface area contributed by atoms with Gasteiger partial charge in [-0.1, -0.05) is 12.1 Å². The van der Waals surface area contributed by atoms with E-state index in [4.69, 9.17) is 9.47 Å². The molecule has 0 fully saturated rings. The van der Waals surface area contributed by atoms with E-state index in [1.54, 1.807) is 42.5 Å². The summed E-state index contributed by atoms with van der Waals surface area (Å²) in [6.07, 6.45) is 1.51. The van der Waals surface area contributed by atoms with Crippen molar-refractivity contribution in [1.29, 1.82) is 0 Å². The maximum absolute atomic E-state index is 11.7. The first kappa shape index (κ1) is 18.1. The van der Waals surface area contributed by atoms with E-state index in [0.717, 1.165) is 0 Å². The van der Waals surface area contributed by atoms with Gasteiger partial charge < -0.3 is 19.3 Å². The van der Waals surface area contributed by atoms with Crippen molar-refractivity contribution >= 4 is 23.6 Å². The monoisotopic (exact) mass is 342 g/mol. The molecular weight excluding hydrogens is 324 g/mol. The molecule has 2 rings (SSSR count). The minimum atomic E-state index is -1.10. The van der Waals surface area contributed by atoms with Gasteiger partial charge in [0, 0.05) is 11.6 Å². The van der Waals surface area contributed by atoms with Gasteiger partial charge in [0.25, 0.3) is 0 Å². The molecule has 0 aliphatic heterocycles. The Morgan fingerprint density at radius 3 is 2.16 bits per heavy atom. The zero-order valence-corrected chi connectivity index (χ0v) is 14.1. The SMILES string of the molecule is COC(=O)c1ccc(/C=C(\C(=O)O)c2ccc(OC)cc2OC)cc1. The standard InChI is InChI=1S/C19H18O6/c1-23-14-8-9-15(17(11-14)24-2)16(18(20)21)10-12-4-6-13(7-5-12)19(22)25-3/h4-11H,1-3H3,(H,20,21)/b16-10-. The summed E-state index contributed by atoms with van der Waals surface area (Å²) in [4.78, 5) is 23.2. The molecule has 0 saturated carbocycles. The third kappa shape index (κ3) is 4.17. The zero-order chi connectivity index (χ0) is 18.4. The minimum absolute atomic E-state index is 0.0605. The summed E-state index contributed by atoms with van der Waals surface area (Å²) in [6, 6.07) is 11.3. The van der Waals surface area contributed by atoms with Gasteiger partial charge in [-0.3, -0.25) is 0 Å². The molecule has 2 aromatic carbocycles. The minimum Gasteiger partial charge on any atom is -0.497 e. The van der Waals surface area contributed by atoms with Gasteiger partial charge in [-0.2, -0.15) is 0 Å². The molecule has 25 heavy (non-hydrogen) atoms. The van der Waals surface area contributed by atoms with Crippen molar-refractivity contribution in [3.8, 4) is 11.5 Å². The highest BCUT2D eigenvalue weighted by molar-refractivity contribution is 6.21. The van der Waals surface area contributed by atoms with Crippen molar-refractivity contribution in [1.82, 2.24) is 0 Å². The van der Waals surface area contributed by atoms with Gasteiger partial charge >= 0.3 is 11.9 Å². The van der Waals surface area contributed by atoms with Crippen molar-refractivity contribution in [3.63, 3.8) is 0 Å². The molecule has 130 valence electrons. The van der Waals surface area contributed by atoms with E-state index in [1.165, 1.54) is 27.4 Å². The van der Waals surface area contributed by atoms with Crippen LogP contribution in [0.3, 0.4) is 0 Å². The quantitative estimate of drug-likeness (QED) is 0.493. The molecule has 0 saturated heterocycles. The fraction of sp³-hybridized carbons (Fsp3) is 0.158. The maximum Gasteiger partial charge on any atom is 0.337 e. The molecular formula is C19H18O6. The van der Waals surface area contributed by atoms with Crippen LogP contribution >= 0.6 is 0 Å². The number of methoxy groups -OCH3 is 3. The summed E-state index contributed by atoms with van der Waals surface area (Å²) in [5, 5.41) is 9.59. The molecule has 0 spiro atoms. The van der Waals surface area contributed by atoms with Crippen LogP contribution in [-0.2, 0) is 9.53 Å². The molecule has 0 aromatic heterocycles. The van der Waals surface area contributed by atoms with Gasteiger partial charge in [0.05, 0.1) is 32.5 Å². The van der Waals surface area contributed by atoms with Crippen LogP contribution in [0.2, 0.25) is 0 Å². The molecule has 0 bridgehead atoms. The predicted molar refractivity (Wildman–Crippen MR) is 92.8 cm³/mol. The number of benzene rings is 2. The predicted octanol–water partition coefficient (Wildman–Crippen LogP) is 3.12. The summed E-state index contributed by atoms with van der Waals surface area (Å²) in [6.45, 7) is 0. The molecule has 0 atom stereocenters. The average Bonchev–Trinajstić information content (AvgIpc) is 2.65. The first-order valence-corrected chi connectivity index (χ1v) is 7.36. The van der Waals surface area contributed by atoms with E-state index < -0.39 is 11.9 Å². The smallest absolute Gasteiger partial charge is 0.337 e. The van der Waals surface area contributed by atoms with Crippen LogP contribution < -0.4 is 9.47 Å². The van der Waals surface area contributed by atoms with Crippen LogP contribution in [0.25, 0.3) is 11.6 Å². The molecule has 0 heterocycles. The largest absolute Gasteiger partial charge is 0.497 e. The summed E-state index contributed by atoms with van der Waals surface area (Å²) in [5.41, 5.74) is 1.50. The van der Waals surface area contributed by atoms with Crippen LogP contribution in [0.1, 0.15) is 21.5 Å². The number of carbonyl (C=O) groups excluding carboxylic acids is 1. The van der Waals surface area contributed by atoms with Crippen molar-refractivity contribution in [2.75, 3.05) is 21.3 Å². The zero-order valence-electron chi connectivity index (χ0n) is 14.1. The number of carboxylic acid groups (broad SMARTS) is 1. The van der Waals surface area contributed by atoms with Gasteiger partial charge in [0.15, 0.2) is 0 Å². The molecule has 2 aromatic rings. The van der Waals surface area contributed by atoms with Gasteiger partial charge in [-0.15, -0.1) is 0 Å². The van der Waals surface area contributed by atoms with Crippen LogP contribution in [0.5, 0.6) is 11.5 Å². The van der Waals surface area contributed by atoms with Gasteiger partial charge in [-0.05, 0) is 35.9 Å². The van der Waals surface area contributed by atoms with Crippen LogP contribution in [0.15, 0.2) is 42.5 Å². The van der Waals surface area contributed by atoms with Crippen molar-refractivity contribution in [3.05, 3.63) is 59.2 Å². The lowest BCUT2D eigenvalue weighted by Crippen LogP contribution is -2.03. The van der Waals surface area contributed by atoms with Crippen LogP contribution in [-0.4, -0.2) is 38.4 Å². The fourth-order valence-electron chi connectivity index (χ4n) is 2.28. The highest BCUT2D eigenvalue weighted by Gasteiger charge is 2.16. The Kier molecular flexibility index (Phi) is 5.79. The first-order valence-electron chi connectivity index (χ1n) is 7.36. The van der Waals surface area contributed by atoms with Gasteiger partial charge in [0.2, 0.25) is 0 Å². The third-order valence-electron chi connectivity index (χ3n) is 3.57. The highest BCUT2D eigenvalue weighted by atomic mass is 16.5. The Bertz CT molecular complexity index is 805. The Hall–Kier alpha value is -3.28. The number of carboxylic acids is 1. The molecule has 1 N–H and O–H groups in total. The van der Waals surface area contributed by atoms with Crippen molar-refractivity contribution in [2.24, 2.45) is 0 Å². The Morgan fingerprint density at radius 2 is 1.64 bits per heavy atom. The van der Waals surface area contributed by atoms with Crippen molar-refractivity contribution in [2.45, 2.75) is 0 Å². The topological polar surface area (TPSA) is 82.1 Å². The first-order chi connectivity index (χ1) is 12.0. The van der Waals surface area contributed by atoms with E-state index in [0.29, 0.717) is 28.2 Å². The number of rotatable bonds is 6. The Morgan fingerprint density at radius 1 is 0.960 bits per heavy atom. The van der Waals surface area contributed by atoms with Gasteiger partial charge in [0.1, 0.15) is 11.5 Å². The second-order valence-corrected chi connectivity index (χ2v) is 5.04. The molecule has 0 aliphatic carbocycles. The van der Waals surface area contributed by atoms with E-state index in [2.05, 4.69) is 4.74 Å². The summed E-state index contributed by atoms with van der Waals surface area (Å²) < 4.78 is 15.0. The number of aliphatic carboxylic acids is 1. The molecule has 0 aliphatic rings. The maximum atomic E-state index is 11.7. The van der Waals surface area contributed by atoms with E-state index >= 15 is 0 Å².